The molecule has 0 bridgehead atoms. The van der Waals surface area contributed by atoms with Gasteiger partial charge in [-0.2, -0.15) is 4.98 Å². The second-order valence-corrected chi connectivity index (χ2v) is 4.30. The van der Waals surface area contributed by atoms with Crippen molar-refractivity contribution in [3.05, 3.63) is 42.2 Å². The third kappa shape index (κ3) is 2.19. The molecular weight excluding hydrogens is 242 g/mol. The molecule has 5 nitrogen and oxygen atoms in total. The van der Waals surface area contributed by atoms with Gasteiger partial charge >= 0.3 is 0 Å². The zero-order chi connectivity index (χ0) is 13.2. The maximum Gasteiger partial charge on any atom is 0.223 e. The summed E-state index contributed by atoms with van der Waals surface area (Å²) in [6.07, 6.45) is 2.01. The van der Waals surface area contributed by atoms with Crippen molar-refractivity contribution < 1.29 is 9.26 Å². The first-order chi connectivity index (χ1) is 9.28. The number of nitrogens with zero attached hydrogens (tertiary/aromatic N) is 3. The van der Waals surface area contributed by atoms with Crippen molar-refractivity contribution in [1.82, 2.24) is 14.7 Å². The number of aromatic nitrogens is 3. The highest BCUT2D eigenvalue weighted by atomic mass is 16.5. The topological polar surface area (TPSA) is 53.1 Å². The molecule has 0 N–H and O–H groups in total. The predicted octanol–water partition coefficient (Wildman–Crippen LogP) is 2.78. The van der Waals surface area contributed by atoms with Crippen LogP contribution in [0.1, 0.15) is 18.6 Å². The van der Waals surface area contributed by atoms with E-state index in [0.717, 1.165) is 16.7 Å². The summed E-state index contributed by atoms with van der Waals surface area (Å²) < 4.78 is 12.7. The van der Waals surface area contributed by atoms with E-state index in [-0.39, 0.29) is 0 Å². The van der Waals surface area contributed by atoms with Crippen LogP contribution in [0, 0.1) is 6.92 Å². The van der Waals surface area contributed by atoms with Gasteiger partial charge in [0.05, 0.1) is 18.7 Å². The molecule has 19 heavy (non-hydrogen) atoms. The van der Waals surface area contributed by atoms with Gasteiger partial charge in [0, 0.05) is 18.5 Å². The average Bonchev–Trinajstić information content (AvgIpc) is 2.99. The Balaban J connectivity index is 1.98. The van der Waals surface area contributed by atoms with Crippen LogP contribution in [0.4, 0.5) is 0 Å². The summed E-state index contributed by atoms with van der Waals surface area (Å²) in [4.78, 5) is 4.22. The minimum Gasteiger partial charge on any atom is -0.493 e. The molecule has 0 unspecified atom stereocenters. The van der Waals surface area contributed by atoms with Crippen LogP contribution in [-0.4, -0.2) is 21.3 Å². The van der Waals surface area contributed by atoms with Gasteiger partial charge in [0.2, 0.25) is 5.89 Å². The molecule has 5 heteroatoms. The van der Waals surface area contributed by atoms with Crippen LogP contribution in [0.2, 0.25) is 0 Å². The SMILES string of the molecule is CCOc1cccc2c1ccn2Cc1noc(C)n1. The Bertz CT molecular complexity index is 700. The van der Waals surface area contributed by atoms with Gasteiger partial charge < -0.3 is 13.8 Å². The minimum absolute atomic E-state index is 0.585. The highest BCUT2D eigenvalue weighted by Crippen LogP contribution is 2.26. The standard InChI is InChI=1S/C14H15N3O2/c1-3-18-13-6-4-5-12-11(13)7-8-17(12)9-14-15-10(2)19-16-14/h4-8H,3,9H2,1-2H3. The number of benzene rings is 1. The minimum atomic E-state index is 0.585. The molecule has 0 amide bonds. The van der Waals surface area contributed by atoms with E-state index < -0.39 is 0 Å². The molecule has 0 saturated carbocycles. The fourth-order valence-electron chi connectivity index (χ4n) is 2.17. The van der Waals surface area contributed by atoms with E-state index in [1.54, 1.807) is 6.92 Å². The maximum absolute atomic E-state index is 5.62. The quantitative estimate of drug-likeness (QED) is 0.721. The summed E-state index contributed by atoms with van der Waals surface area (Å²) in [6.45, 7) is 5.03. The Morgan fingerprint density at radius 2 is 2.21 bits per heavy atom. The molecule has 0 saturated heterocycles. The summed E-state index contributed by atoms with van der Waals surface area (Å²) in [7, 11) is 0. The third-order valence-corrected chi connectivity index (χ3v) is 2.95. The van der Waals surface area contributed by atoms with E-state index in [4.69, 9.17) is 9.26 Å². The van der Waals surface area contributed by atoms with Crippen LogP contribution in [0.25, 0.3) is 10.9 Å². The van der Waals surface area contributed by atoms with Gasteiger partial charge in [0.25, 0.3) is 0 Å². The van der Waals surface area contributed by atoms with Gasteiger partial charge in [-0.15, -0.1) is 0 Å². The predicted molar refractivity (Wildman–Crippen MR) is 71.2 cm³/mol. The average molecular weight is 257 g/mol. The largest absolute Gasteiger partial charge is 0.493 e. The van der Waals surface area contributed by atoms with Crippen LogP contribution < -0.4 is 4.74 Å². The number of hydrogen-bond acceptors (Lipinski definition) is 4. The van der Waals surface area contributed by atoms with Gasteiger partial charge in [-0.1, -0.05) is 11.2 Å². The first-order valence-corrected chi connectivity index (χ1v) is 6.28. The molecule has 0 spiro atoms. The molecule has 3 aromatic rings. The second-order valence-electron chi connectivity index (χ2n) is 4.30. The summed E-state index contributed by atoms with van der Waals surface area (Å²) in [5.74, 6) is 2.17. The van der Waals surface area contributed by atoms with E-state index >= 15 is 0 Å². The number of ether oxygens (including phenoxy) is 1. The van der Waals surface area contributed by atoms with Crippen molar-refractivity contribution in [3.63, 3.8) is 0 Å². The zero-order valence-electron chi connectivity index (χ0n) is 11.0. The molecule has 0 aliphatic rings. The molecule has 0 atom stereocenters. The third-order valence-electron chi connectivity index (χ3n) is 2.95. The molecule has 0 radical (unpaired) electrons. The van der Waals surface area contributed by atoms with Crippen molar-refractivity contribution in [3.8, 4) is 5.75 Å². The Morgan fingerprint density at radius 3 is 2.95 bits per heavy atom. The Morgan fingerprint density at radius 1 is 1.32 bits per heavy atom. The highest BCUT2D eigenvalue weighted by molar-refractivity contribution is 5.86. The summed E-state index contributed by atoms with van der Waals surface area (Å²) in [5, 5.41) is 5.02. The fourth-order valence-corrected chi connectivity index (χ4v) is 2.17. The van der Waals surface area contributed by atoms with Gasteiger partial charge in [-0.25, -0.2) is 0 Å². The van der Waals surface area contributed by atoms with E-state index in [2.05, 4.69) is 20.8 Å². The number of fused-ring (bicyclic) bond motifs is 1. The van der Waals surface area contributed by atoms with Crippen LogP contribution in [0.3, 0.4) is 0 Å². The van der Waals surface area contributed by atoms with Gasteiger partial charge in [-0.05, 0) is 25.1 Å². The number of hydrogen-bond donors (Lipinski definition) is 0. The fraction of sp³-hybridized carbons (Fsp3) is 0.286. The van der Waals surface area contributed by atoms with Crippen molar-refractivity contribution in [2.24, 2.45) is 0 Å². The van der Waals surface area contributed by atoms with E-state index in [1.807, 2.05) is 31.3 Å². The Hall–Kier alpha value is -2.30. The van der Waals surface area contributed by atoms with Gasteiger partial charge in [0.1, 0.15) is 5.75 Å². The normalized spacial score (nSPS) is 11.1. The molecule has 0 aliphatic heterocycles. The summed E-state index contributed by atoms with van der Waals surface area (Å²) >= 11 is 0. The highest BCUT2D eigenvalue weighted by Gasteiger charge is 2.09. The first kappa shape index (κ1) is 11.8. The summed E-state index contributed by atoms with van der Waals surface area (Å²) in [6, 6.07) is 8.08. The molecule has 2 aromatic heterocycles. The number of rotatable bonds is 4. The van der Waals surface area contributed by atoms with Crippen LogP contribution in [0.15, 0.2) is 35.0 Å². The molecular formula is C14H15N3O2. The Kier molecular flexibility index (Phi) is 2.95. The van der Waals surface area contributed by atoms with Crippen molar-refractivity contribution >= 4 is 10.9 Å². The van der Waals surface area contributed by atoms with E-state index in [0.29, 0.717) is 24.9 Å². The summed E-state index contributed by atoms with van der Waals surface area (Å²) in [5.41, 5.74) is 1.11. The van der Waals surface area contributed by atoms with Crippen LogP contribution in [0.5, 0.6) is 5.75 Å². The monoisotopic (exact) mass is 257 g/mol. The maximum atomic E-state index is 5.62. The lowest BCUT2D eigenvalue weighted by atomic mass is 10.2. The second kappa shape index (κ2) is 4.76. The molecule has 98 valence electrons. The van der Waals surface area contributed by atoms with Crippen molar-refractivity contribution in [1.29, 1.82) is 0 Å². The molecule has 3 rings (SSSR count). The van der Waals surface area contributed by atoms with E-state index in [1.165, 1.54) is 0 Å². The lowest BCUT2D eigenvalue weighted by Gasteiger charge is -2.06. The van der Waals surface area contributed by atoms with Crippen molar-refractivity contribution in [2.75, 3.05) is 6.61 Å². The van der Waals surface area contributed by atoms with Crippen LogP contribution >= 0.6 is 0 Å². The first-order valence-electron chi connectivity index (χ1n) is 6.28. The Labute approximate surface area is 110 Å². The molecule has 1 aromatic carbocycles. The lowest BCUT2D eigenvalue weighted by Crippen LogP contribution is -2.00. The molecule has 0 fully saturated rings. The van der Waals surface area contributed by atoms with E-state index in [9.17, 15) is 0 Å². The lowest BCUT2D eigenvalue weighted by molar-refractivity contribution is 0.344. The molecule has 0 aliphatic carbocycles. The smallest absolute Gasteiger partial charge is 0.223 e. The van der Waals surface area contributed by atoms with Gasteiger partial charge in [0.15, 0.2) is 5.82 Å². The zero-order valence-corrected chi connectivity index (χ0v) is 11.0. The van der Waals surface area contributed by atoms with Gasteiger partial charge in [-0.3, -0.25) is 0 Å². The van der Waals surface area contributed by atoms with Crippen LogP contribution in [-0.2, 0) is 6.54 Å². The van der Waals surface area contributed by atoms with Crippen molar-refractivity contribution in [2.45, 2.75) is 20.4 Å². The number of aryl methyl sites for hydroxylation is 1. The molecule has 2 heterocycles.